The fourth-order valence-corrected chi connectivity index (χ4v) is 18.0. The van der Waals surface area contributed by atoms with Crippen molar-refractivity contribution in [1.82, 2.24) is 0 Å². The van der Waals surface area contributed by atoms with Crippen molar-refractivity contribution in [3.63, 3.8) is 0 Å². The van der Waals surface area contributed by atoms with Gasteiger partial charge in [0.15, 0.2) is 0 Å². The van der Waals surface area contributed by atoms with Gasteiger partial charge < -0.3 is 0 Å². The molecule has 3 heterocycles. The molecule has 224 valence electrons. The molecule has 7 heteroatoms. The zero-order valence-electron chi connectivity index (χ0n) is 24.7. The molecule has 43 heavy (non-hydrogen) atoms. The number of hydrogen-bond acceptors (Lipinski definition) is 6. The Morgan fingerprint density at radius 1 is 0.372 bits per heavy atom. The van der Waals surface area contributed by atoms with Crippen LogP contribution in [-0.4, -0.2) is 39.1 Å². The summed E-state index contributed by atoms with van der Waals surface area (Å²) in [6.07, 6.45) is 16.1. The van der Waals surface area contributed by atoms with E-state index in [1.54, 1.807) is 0 Å². The van der Waals surface area contributed by atoms with Crippen LogP contribution in [0.1, 0.15) is 96.3 Å². The van der Waals surface area contributed by atoms with E-state index < -0.39 is 39.1 Å². The first-order valence-corrected chi connectivity index (χ1v) is 21.7. The third-order valence-corrected chi connectivity index (χ3v) is 19.9. The van der Waals surface area contributed by atoms with Gasteiger partial charge in [-0.25, -0.2) is 0 Å². The van der Waals surface area contributed by atoms with Gasteiger partial charge in [0.05, 0.1) is 0 Å². The molecular formula is C36H39BiO6. The normalized spacial score (nSPS) is 23.4. The molecule has 0 radical (unpaired) electrons. The molecule has 6 aliphatic rings. The predicted molar refractivity (Wildman–Crippen MR) is 165 cm³/mol. The van der Waals surface area contributed by atoms with Crippen LogP contribution in [0.4, 0.5) is 0 Å². The van der Waals surface area contributed by atoms with Gasteiger partial charge >= 0.3 is 263 Å². The van der Waals surface area contributed by atoms with Crippen molar-refractivity contribution in [3.8, 4) is 34.5 Å². The summed E-state index contributed by atoms with van der Waals surface area (Å²) in [4.78, 5) is 0. The Hall–Kier alpha value is -2.66. The van der Waals surface area contributed by atoms with E-state index in [2.05, 4.69) is 54.6 Å². The van der Waals surface area contributed by atoms with E-state index in [0.717, 1.165) is 112 Å². The number of para-hydroxylation sites is 3. The van der Waals surface area contributed by atoms with E-state index >= 15 is 0 Å². The van der Waals surface area contributed by atoms with E-state index in [9.17, 15) is 0 Å². The third kappa shape index (κ3) is 4.43. The molecule has 0 bridgehead atoms. The molecular weight excluding hydrogens is 737 g/mol. The molecule has 3 fully saturated rings. The zero-order chi connectivity index (χ0) is 28.5. The molecule has 3 spiro atoms. The Balaban J connectivity index is 1.20. The van der Waals surface area contributed by atoms with Crippen molar-refractivity contribution >= 4 is 31.6 Å². The molecule has 6 nitrogen and oxygen atoms in total. The van der Waals surface area contributed by atoms with Crippen molar-refractivity contribution < 1.29 is 28.4 Å². The molecule has 3 aliphatic carbocycles. The zero-order valence-corrected chi connectivity index (χ0v) is 28.2. The van der Waals surface area contributed by atoms with Gasteiger partial charge in [-0.3, -0.25) is 0 Å². The second-order valence-corrected chi connectivity index (χ2v) is 21.4. The van der Waals surface area contributed by atoms with Crippen molar-refractivity contribution in [3.05, 3.63) is 54.6 Å². The Morgan fingerprint density at radius 3 is 0.977 bits per heavy atom. The van der Waals surface area contributed by atoms with Gasteiger partial charge in [0.2, 0.25) is 0 Å². The Bertz CT molecular complexity index is 1370. The molecule has 3 aromatic rings. The molecule has 0 saturated heterocycles. The molecule has 3 aliphatic heterocycles. The van der Waals surface area contributed by atoms with Crippen LogP contribution in [0.5, 0.6) is 34.5 Å². The first kappa shape index (κ1) is 26.7. The average molecular weight is 777 g/mol. The van der Waals surface area contributed by atoms with Crippen molar-refractivity contribution in [1.29, 1.82) is 0 Å². The van der Waals surface area contributed by atoms with Crippen LogP contribution in [0.25, 0.3) is 0 Å². The summed E-state index contributed by atoms with van der Waals surface area (Å²) in [7, 11) is 0. The number of hydrogen-bond donors (Lipinski definition) is 0. The van der Waals surface area contributed by atoms with Crippen LogP contribution in [0.3, 0.4) is 0 Å². The monoisotopic (exact) mass is 776 g/mol. The molecule has 0 N–H and O–H groups in total. The molecule has 0 unspecified atom stereocenters. The van der Waals surface area contributed by atoms with Gasteiger partial charge in [-0.2, -0.15) is 0 Å². The number of rotatable bonds is 3. The summed E-state index contributed by atoms with van der Waals surface area (Å²) >= 11 is -3.22. The van der Waals surface area contributed by atoms with Gasteiger partial charge in [-0.1, -0.05) is 0 Å². The topological polar surface area (TPSA) is 55.4 Å². The second kappa shape index (κ2) is 10.2. The van der Waals surface area contributed by atoms with Gasteiger partial charge in [-0.05, 0) is 0 Å². The van der Waals surface area contributed by atoms with Crippen LogP contribution in [0.15, 0.2) is 54.6 Å². The van der Waals surface area contributed by atoms with Gasteiger partial charge in [0.1, 0.15) is 0 Å². The SMILES string of the molecule is c1cc2c([c]([Bi]([c]3cccc4c3OC3(CCCCC3)O4)[c]3cccc4c3OC3(CCCCC3)O4)c1)OC1(CCCCC1)O2. The van der Waals surface area contributed by atoms with E-state index in [4.69, 9.17) is 28.4 Å². The van der Waals surface area contributed by atoms with Crippen LogP contribution >= 0.6 is 0 Å². The molecule has 3 saturated carbocycles. The summed E-state index contributed by atoms with van der Waals surface area (Å²) in [5.74, 6) is 3.78. The standard InChI is InChI=1S/3C12H13O2.Bi/c3*1-4-8-12(9-5-1)13-10-6-2-3-7-11(10)14-12;/h3*2-3,6H,1,4-5,8-9H2;. The van der Waals surface area contributed by atoms with Crippen LogP contribution in [0.2, 0.25) is 0 Å². The maximum atomic E-state index is 6.93. The van der Waals surface area contributed by atoms with E-state index in [0.29, 0.717) is 0 Å². The summed E-state index contributed by atoms with van der Waals surface area (Å²) in [6, 6.07) is 19.5. The molecule has 0 atom stereocenters. The minimum atomic E-state index is -3.22. The quantitative estimate of drug-likeness (QED) is 0.284. The number of ether oxygens (including phenoxy) is 6. The summed E-state index contributed by atoms with van der Waals surface area (Å²) < 4.78 is 44.6. The van der Waals surface area contributed by atoms with Crippen molar-refractivity contribution in [2.24, 2.45) is 0 Å². The van der Waals surface area contributed by atoms with E-state index in [1.807, 2.05) is 0 Å². The van der Waals surface area contributed by atoms with Gasteiger partial charge in [-0.15, -0.1) is 0 Å². The maximum absolute atomic E-state index is 6.93. The summed E-state index contributed by atoms with van der Waals surface area (Å²) in [5.41, 5.74) is 0. The number of benzene rings is 3. The fraction of sp³-hybridized carbons (Fsp3) is 0.500. The minimum absolute atomic E-state index is 0.541. The molecule has 9 rings (SSSR count). The summed E-state index contributed by atoms with van der Waals surface area (Å²) in [6.45, 7) is 0. The van der Waals surface area contributed by atoms with E-state index in [1.165, 1.54) is 29.1 Å². The first-order valence-electron chi connectivity index (χ1n) is 16.5. The van der Waals surface area contributed by atoms with Gasteiger partial charge in [0, 0.05) is 0 Å². The molecule has 3 aromatic carbocycles. The van der Waals surface area contributed by atoms with Crippen molar-refractivity contribution in [2.75, 3.05) is 0 Å². The molecule has 0 amide bonds. The predicted octanol–water partition coefficient (Wildman–Crippen LogP) is 6.50. The van der Waals surface area contributed by atoms with Gasteiger partial charge in [0.25, 0.3) is 0 Å². The van der Waals surface area contributed by atoms with Crippen LogP contribution in [-0.2, 0) is 0 Å². The second-order valence-electron chi connectivity index (χ2n) is 13.2. The Labute approximate surface area is 261 Å². The van der Waals surface area contributed by atoms with Crippen LogP contribution in [0, 0.1) is 0 Å². The van der Waals surface area contributed by atoms with E-state index in [-0.39, 0.29) is 0 Å². The average Bonchev–Trinajstić information content (AvgIpc) is 3.69. The Morgan fingerprint density at radius 2 is 0.674 bits per heavy atom. The Kier molecular flexibility index (Phi) is 6.33. The third-order valence-electron chi connectivity index (χ3n) is 10.2. The summed E-state index contributed by atoms with van der Waals surface area (Å²) in [5, 5.41) is 0. The van der Waals surface area contributed by atoms with Crippen LogP contribution < -0.4 is 38.2 Å². The first-order chi connectivity index (χ1) is 21.1. The number of fused-ring (bicyclic) bond motifs is 3. The van der Waals surface area contributed by atoms with Crippen molar-refractivity contribution in [2.45, 2.75) is 114 Å². The molecule has 0 aromatic heterocycles. The fourth-order valence-electron chi connectivity index (χ4n) is 8.08.